The number of pyridine rings is 1. The molecule has 0 radical (unpaired) electrons. The molecule has 8 heteroatoms. The van der Waals surface area contributed by atoms with Crippen LogP contribution >= 0.6 is 0 Å². The van der Waals surface area contributed by atoms with Crippen LogP contribution in [-0.4, -0.2) is 25.1 Å². The summed E-state index contributed by atoms with van der Waals surface area (Å²) in [6.07, 6.45) is 1.64. The van der Waals surface area contributed by atoms with E-state index in [9.17, 15) is 22.7 Å². The molecule has 0 bridgehead atoms. The summed E-state index contributed by atoms with van der Waals surface area (Å²) in [5, 5.41) is 11.2. The summed E-state index contributed by atoms with van der Waals surface area (Å²) >= 11 is 0. The van der Waals surface area contributed by atoms with Crippen molar-refractivity contribution in [2.45, 2.75) is 57.3 Å². The fraction of sp³-hybridized carbons (Fsp3) is 0.300. The highest BCUT2D eigenvalue weighted by molar-refractivity contribution is 7.92. The Morgan fingerprint density at radius 2 is 1.45 bits per heavy atom. The largest absolute Gasteiger partial charge is 0.508 e. The molecule has 0 saturated carbocycles. The minimum Gasteiger partial charge on any atom is -0.508 e. The van der Waals surface area contributed by atoms with Gasteiger partial charge in [0.1, 0.15) is 11.6 Å². The Kier molecular flexibility index (Phi) is 6.68. The van der Waals surface area contributed by atoms with Crippen LogP contribution in [0.4, 0.5) is 10.1 Å². The van der Waals surface area contributed by atoms with Crippen molar-refractivity contribution in [3.05, 3.63) is 94.0 Å². The van der Waals surface area contributed by atoms with Crippen LogP contribution in [-0.2, 0) is 20.9 Å². The zero-order valence-electron chi connectivity index (χ0n) is 22.7. The highest BCUT2D eigenvalue weighted by Gasteiger charge is 2.27. The van der Waals surface area contributed by atoms with Gasteiger partial charge in [0, 0.05) is 30.8 Å². The van der Waals surface area contributed by atoms with Crippen LogP contribution in [0.5, 0.6) is 5.75 Å². The van der Waals surface area contributed by atoms with E-state index in [1.807, 2.05) is 31.4 Å². The number of rotatable bonds is 4. The summed E-state index contributed by atoms with van der Waals surface area (Å²) < 4.78 is 43.0. The molecule has 1 aromatic heterocycles. The van der Waals surface area contributed by atoms with Crippen molar-refractivity contribution in [2.75, 3.05) is 11.4 Å². The van der Waals surface area contributed by atoms with Gasteiger partial charge in [-0.05, 0) is 70.5 Å². The van der Waals surface area contributed by atoms with Crippen LogP contribution in [0.2, 0.25) is 0 Å². The average molecular weight is 537 g/mol. The van der Waals surface area contributed by atoms with Crippen molar-refractivity contribution >= 4 is 26.6 Å². The third kappa shape index (κ3) is 4.92. The van der Waals surface area contributed by atoms with E-state index < -0.39 is 15.8 Å². The van der Waals surface area contributed by atoms with E-state index in [1.54, 1.807) is 18.3 Å². The lowest BCUT2D eigenvalue weighted by Crippen LogP contribution is -2.26. The smallest absolute Gasteiger partial charge is 0.264 e. The lowest BCUT2D eigenvalue weighted by atomic mass is 9.79. The lowest BCUT2D eigenvalue weighted by Gasteiger charge is -2.29. The molecule has 0 atom stereocenters. The topological polar surface area (TPSA) is 79.6 Å². The first-order valence-corrected chi connectivity index (χ1v) is 13.7. The van der Waals surface area contributed by atoms with Gasteiger partial charge in [-0.2, -0.15) is 0 Å². The lowest BCUT2D eigenvalue weighted by molar-refractivity contribution is 0.444. The molecule has 4 aromatic rings. The Balaban J connectivity index is 1.93. The highest BCUT2D eigenvalue weighted by Crippen LogP contribution is 2.39. The Morgan fingerprint density at radius 3 is 2.03 bits per heavy atom. The third-order valence-electron chi connectivity index (χ3n) is 6.71. The Morgan fingerprint density at radius 1 is 0.842 bits per heavy atom. The maximum absolute atomic E-state index is 13.4. The van der Waals surface area contributed by atoms with Gasteiger partial charge in [-0.25, -0.2) is 12.8 Å². The van der Waals surface area contributed by atoms with Crippen LogP contribution < -0.4 is 9.73 Å². The maximum Gasteiger partial charge on any atom is 0.264 e. The number of nitrogens with zero attached hydrogens (tertiary/aromatic N) is 2. The predicted octanol–water partition coefficient (Wildman–Crippen LogP) is 6.26. The molecule has 0 saturated heterocycles. The zero-order valence-corrected chi connectivity index (χ0v) is 23.5. The Hall–Kier alpha value is -3.65. The third-order valence-corrected chi connectivity index (χ3v) is 8.49. The first kappa shape index (κ1) is 27.4. The van der Waals surface area contributed by atoms with Gasteiger partial charge in [0.15, 0.2) is 5.43 Å². The van der Waals surface area contributed by atoms with Crippen LogP contribution in [0.25, 0.3) is 16.6 Å². The van der Waals surface area contributed by atoms with Crippen LogP contribution in [0.3, 0.4) is 0 Å². The second-order valence-corrected chi connectivity index (χ2v) is 13.5. The van der Waals surface area contributed by atoms with Gasteiger partial charge < -0.3 is 9.67 Å². The Bertz CT molecular complexity index is 1690. The molecule has 0 fully saturated rings. The van der Waals surface area contributed by atoms with Gasteiger partial charge in [0.2, 0.25) is 0 Å². The SMILES string of the molecule is CN(c1ccc(F)cc1)S(=O)(=O)c1ccc2c(c1)c(=O)ccn2-c1cc(O)c(C(C)(C)C)cc1C(C)(C)C. The van der Waals surface area contributed by atoms with E-state index >= 15 is 0 Å². The molecule has 0 aliphatic rings. The van der Waals surface area contributed by atoms with Crippen molar-refractivity contribution in [3.8, 4) is 11.4 Å². The quantitative estimate of drug-likeness (QED) is 0.334. The molecule has 4 rings (SSSR count). The number of phenols is 1. The zero-order chi connectivity index (χ0) is 28.2. The standard InChI is InChI=1S/C30H33FN2O4S/c1-29(2,3)23-17-24(30(4,5)6)28(35)18-26(23)33-15-14-27(34)22-16-21(12-13-25(22)33)38(36,37)32(7)20-10-8-19(31)9-11-20/h8-18,35H,1-7H3. The maximum atomic E-state index is 13.4. The van der Waals surface area contributed by atoms with Crippen molar-refractivity contribution in [3.63, 3.8) is 0 Å². The second-order valence-electron chi connectivity index (χ2n) is 11.6. The molecule has 0 amide bonds. The van der Waals surface area contributed by atoms with E-state index in [1.165, 1.54) is 49.5 Å². The van der Waals surface area contributed by atoms with Gasteiger partial charge in [-0.15, -0.1) is 0 Å². The van der Waals surface area contributed by atoms with E-state index in [-0.39, 0.29) is 32.3 Å². The predicted molar refractivity (Wildman–Crippen MR) is 151 cm³/mol. The van der Waals surface area contributed by atoms with Crippen LogP contribution in [0, 0.1) is 5.82 Å². The number of halogens is 1. The van der Waals surface area contributed by atoms with Gasteiger partial charge in [0.05, 0.1) is 21.8 Å². The fourth-order valence-electron chi connectivity index (χ4n) is 4.53. The molecule has 0 aliphatic carbocycles. The number of benzene rings is 3. The molecule has 0 spiro atoms. The molecule has 38 heavy (non-hydrogen) atoms. The van der Waals surface area contributed by atoms with Gasteiger partial charge in [-0.1, -0.05) is 41.5 Å². The minimum atomic E-state index is -4.03. The summed E-state index contributed by atoms with van der Waals surface area (Å²) in [6, 6.07) is 14.7. The number of aromatic nitrogens is 1. The fourth-order valence-corrected chi connectivity index (χ4v) is 5.75. The number of sulfonamides is 1. The van der Waals surface area contributed by atoms with Crippen LogP contribution in [0.1, 0.15) is 52.7 Å². The van der Waals surface area contributed by atoms with Crippen molar-refractivity contribution in [2.24, 2.45) is 0 Å². The molecule has 0 unspecified atom stereocenters. The first-order chi connectivity index (χ1) is 17.5. The molecule has 1 N–H and O–H groups in total. The number of hydrogen-bond donors (Lipinski definition) is 1. The summed E-state index contributed by atoms with van der Waals surface area (Å²) in [5.41, 5.74) is 2.38. The van der Waals surface area contributed by atoms with Gasteiger partial charge in [-0.3, -0.25) is 9.10 Å². The van der Waals surface area contributed by atoms with E-state index in [0.29, 0.717) is 16.9 Å². The van der Waals surface area contributed by atoms with E-state index in [0.717, 1.165) is 15.4 Å². The summed E-state index contributed by atoms with van der Waals surface area (Å²) in [5.74, 6) is -0.325. The number of hydrogen-bond acceptors (Lipinski definition) is 4. The number of phenolic OH excluding ortho intramolecular Hbond substituents is 1. The molecule has 200 valence electrons. The number of aromatic hydroxyl groups is 1. The normalized spacial score (nSPS) is 12.6. The van der Waals surface area contributed by atoms with Gasteiger partial charge in [0.25, 0.3) is 10.0 Å². The van der Waals surface area contributed by atoms with E-state index in [4.69, 9.17) is 0 Å². The number of anilines is 1. The average Bonchev–Trinajstić information content (AvgIpc) is 2.82. The molecular formula is C30H33FN2O4S. The first-order valence-electron chi connectivity index (χ1n) is 12.3. The Labute approximate surface area is 223 Å². The minimum absolute atomic E-state index is 0.0614. The molecule has 3 aromatic carbocycles. The van der Waals surface area contributed by atoms with E-state index in [2.05, 4.69) is 20.8 Å². The molecule has 1 heterocycles. The van der Waals surface area contributed by atoms with Crippen molar-refractivity contribution in [1.82, 2.24) is 4.57 Å². The second kappa shape index (κ2) is 9.27. The summed E-state index contributed by atoms with van der Waals surface area (Å²) in [7, 11) is -2.65. The van der Waals surface area contributed by atoms with Crippen molar-refractivity contribution in [1.29, 1.82) is 0 Å². The molecule has 6 nitrogen and oxygen atoms in total. The molecule has 0 aliphatic heterocycles. The monoisotopic (exact) mass is 536 g/mol. The summed E-state index contributed by atoms with van der Waals surface area (Å²) in [4.78, 5) is 12.9. The number of fused-ring (bicyclic) bond motifs is 1. The summed E-state index contributed by atoms with van der Waals surface area (Å²) in [6.45, 7) is 12.3. The van der Waals surface area contributed by atoms with Gasteiger partial charge >= 0.3 is 0 Å². The van der Waals surface area contributed by atoms with Crippen LogP contribution in [0.15, 0.2) is 76.6 Å². The molecular weight excluding hydrogens is 503 g/mol. The van der Waals surface area contributed by atoms with Crippen molar-refractivity contribution < 1.29 is 17.9 Å². The highest BCUT2D eigenvalue weighted by atomic mass is 32.2.